The fraction of sp³-hybridized carbons (Fsp3) is 0.500. The van der Waals surface area contributed by atoms with Gasteiger partial charge in [-0.25, -0.2) is 4.98 Å². The molecule has 7 nitrogen and oxygen atoms in total. The van der Waals surface area contributed by atoms with Crippen LogP contribution >= 0.6 is 11.3 Å². The Hall–Kier alpha value is -1.96. The molecule has 2 aromatic rings. The summed E-state index contributed by atoms with van der Waals surface area (Å²) in [6, 6.07) is -0.190. The topological polar surface area (TPSA) is 98.7 Å². The van der Waals surface area contributed by atoms with Gasteiger partial charge >= 0.3 is 0 Å². The highest BCUT2D eigenvalue weighted by Crippen LogP contribution is 2.22. The van der Waals surface area contributed by atoms with Gasteiger partial charge in [-0.15, -0.1) is 10.2 Å². The Labute approximate surface area is 120 Å². The summed E-state index contributed by atoms with van der Waals surface area (Å²) in [5.74, 6) is 1.64. The van der Waals surface area contributed by atoms with Crippen molar-refractivity contribution < 1.29 is 4.79 Å². The summed E-state index contributed by atoms with van der Waals surface area (Å²) in [6.07, 6.45) is 2.04. The lowest BCUT2D eigenvalue weighted by molar-refractivity contribution is 0.0941. The lowest BCUT2D eigenvalue weighted by Crippen LogP contribution is -2.28. The van der Waals surface area contributed by atoms with Crippen LogP contribution in [0.15, 0.2) is 0 Å². The number of nitrogens with one attached hydrogen (secondary N) is 1. The second kappa shape index (κ2) is 4.86. The van der Waals surface area contributed by atoms with Gasteiger partial charge in [0.15, 0.2) is 11.0 Å². The van der Waals surface area contributed by atoms with Crippen molar-refractivity contribution in [2.45, 2.75) is 39.3 Å². The van der Waals surface area contributed by atoms with E-state index in [2.05, 4.69) is 25.1 Å². The Morgan fingerprint density at radius 2 is 2.30 bits per heavy atom. The number of rotatable bonds is 3. The predicted molar refractivity (Wildman–Crippen MR) is 75.5 cm³/mol. The van der Waals surface area contributed by atoms with Gasteiger partial charge < -0.3 is 15.6 Å². The van der Waals surface area contributed by atoms with Gasteiger partial charge in [0.05, 0.1) is 11.7 Å². The van der Waals surface area contributed by atoms with Gasteiger partial charge in [-0.2, -0.15) is 0 Å². The Bertz CT molecular complexity index is 661. The maximum Gasteiger partial charge on any atom is 0.263 e. The number of anilines is 1. The molecule has 1 aliphatic heterocycles. The third kappa shape index (κ3) is 2.15. The van der Waals surface area contributed by atoms with E-state index in [-0.39, 0.29) is 11.9 Å². The minimum absolute atomic E-state index is 0.167. The SMILES string of the molecule is Cc1nc(N)sc1C(=O)NC(C)c1nnc2n1CCC2. The van der Waals surface area contributed by atoms with E-state index in [4.69, 9.17) is 5.73 Å². The molecule has 1 unspecified atom stereocenters. The summed E-state index contributed by atoms with van der Waals surface area (Å²) in [5.41, 5.74) is 6.27. The summed E-state index contributed by atoms with van der Waals surface area (Å²) in [4.78, 5) is 16.8. The van der Waals surface area contributed by atoms with E-state index in [1.165, 1.54) is 11.3 Å². The van der Waals surface area contributed by atoms with E-state index >= 15 is 0 Å². The van der Waals surface area contributed by atoms with Gasteiger partial charge in [0.25, 0.3) is 5.91 Å². The molecule has 0 radical (unpaired) electrons. The molecule has 1 amide bonds. The van der Waals surface area contributed by atoms with Crippen LogP contribution in [0.1, 0.15) is 46.4 Å². The number of hydrogen-bond donors (Lipinski definition) is 2. The van der Waals surface area contributed by atoms with Crippen LogP contribution < -0.4 is 11.1 Å². The molecular weight excluding hydrogens is 276 g/mol. The number of thiazole rings is 1. The fourth-order valence-corrected chi connectivity index (χ4v) is 3.18. The first-order valence-corrected chi connectivity index (χ1v) is 7.33. The molecule has 3 N–H and O–H groups in total. The summed E-state index contributed by atoms with van der Waals surface area (Å²) >= 11 is 1.20. The largest absolute Gasteiger partial charge is 0.375 e. The zero-order valence-electron chi connectivity index (χ0n) is 11.4. The monoisotopic (exact) mass is 292 g/mol. The number of fused-ring (bicyclic) bond motifs is 1. The van der Waals surface area contributed by atoms with Crippen molar-refractivity contribution in [2.75, 3.05) is 5.73 Å². The molecule has 0 fully saturated rings. The molecule has 0 aromatic carbocycles. The van der Waals surface area contributed by atoms with Gasteiger partial charge in [-0.05, 0) is 20.3 Å². The molecule has 2 aromatic heterocycles. The third-order valence-corrected chi connectivity index (χ3v) is 4.38. The van der Waals surface area contributed by atoms with E-state index < -0.39 is 0 Å². The van der Waals surface area contributed by atoms with E-state index in [0.29, 0.717) is 15.7 Å². The molecule has 1 aliphatic rings. The van der Waals surface area contributed by atoms with Crippen LogP contribution in [-0.2, 0) is 13.0 Å². The lowest BCUT2D eigenvalue weighted by Gasteiger charge is -2.13. The average molecular weight is 292 g/mol. The molecule has 0 saturated heterocycles. The number of nitrogens with two attached hydrogens (primary N) is 1. The fourth-order valence-electron chi connectivity index (χ4n) is 2.45. The number of amides is 1. The maximum atomic E-state index is 12.2. The Kier molecular flexibility index (Phi) is 3.17. The quantitative estimate of drug-likeness (QED) is 0.881. The zero-order valence-corrected chi connectivity index (χ0v) is 12.2. The van der Waals surface area contributed by atoms with E-state index in [9.17, 15) is 4.79 Å². The van der Waals surface area contributed by atoms with E-state index in [0.717, 1.165) is 31.0 Å². The summed E-state index contributed by atoms with van der Waals surface area (Å²) in [5, 5.41) is 11.7. The van der Waals surface area contributed by atoms with Crippen LogP contribution in [0.2, 0.25) is 0 Å². The van der Waals surface area contributed by atoms with Crippen molar-refractivity contribution in [3.8, 4) is 0 Å². The highest BCUT2D eigenvalue weighted by molar-refractivity contribution is 7.17. The highest BCUT2D eigenvalue weighted by atomic mass is 32.1. The van der Waals surface area contributed by atoms with Gasteiger partial charge in [0, 0.05) is 13.0 Å². The molecule has 0 spiro atoms. The van der Waals surface area contributed by atoms with Crippen LogP contribution in [-0.4, -0.2) is 25.7 Å². The highest BCUT2D eigenvalue weighted by Gasteiger charge is 2.24. The molecule has 20 heavy (non-hydrogen) atoms. The molecule has 0 aliphatic carbocycles. The Balaban J connectivity index is 1.77. The number of carbonyl (C=O) groups excluding carboxylic acids is 1. The van der Waals surface area contributed by atoms with Gasteiger partial charge in [0.1, 0.15) is 10.7 Å². The molecule has 3 heterocycles. The normalized spacial score (nSPS) is 15.1. The van der Waals surface area contributed by atoms with Crippen LogP contribution in [0, 0.1) is 6.92 Å². The van der Waals surface area contributed by atoms with E-state index in [1.807, 2.05) is 6.92 Å². The smallest absolute Gasteiger partial charge is 0.263 e. The van der Waals surface area contributed by atoms with Crippen molar-refractivity contribution >= 4 is 22.4 Å². The van der Waals surface area contributed by atoms with Crippen LogP contribution in [0.5, 0.6) is 0 Å². The predicted octanol–water partition coefficient (Wildman–Crippen LogP) is 1.06. The number of aryl methyl sites for hydroxylation is 2. The van der Waals surface area contributed by atoms with Crippen LogP contribution in [0.25, 0.3) is 0 Å². The molecular formula is C12H16N6OS. The number of aromatic nitrogens is 4. The van der Waals surface area contributed by atoms with Gasteiger partial charge in [-0.3, -0.25) is 4.79 Å². The van der Waals surface area contributed by atoms with Crippen LogP contribution in [0.4, 0.5) is 5.13 Å². The molecule has 106 valence electrons. The first-order chi connectivity index (χ1) is 9.56. The zero-order chi connectivity index (χ0) is 14.3. The number of nitrogen functional groups attached to an aromatic ring is 1. The van der Waals surface area contributed by atoms with Crippen molar-refractivity contribution in [1.29, 1.82) is 0 Å². The maximum absolute atomic E-state index is 12.2. The Morgan fingerprint density at radius 1 is 1.50 bits per heavy atom. The average Bonchev–Trinajstić information content (AvgIpc) is 3.03. The summed E-state index contributed by atoms with van der Waals surface area (Å²) in [6.45, 7) is 4.61. The standard InChI is InChI=1S/C12H16N6OS/c1-6-9(20-12(13)15-6)11(19)14-7(2)10-17-16-8-4-3-5-18(8)10/h7H,3-5H2,1-2H3,(H2,13,15)(H,14,19). The van der Waals surface area contributed by atoms with Gasteiger partial charge in [0.2, 0.25) is 0 Å². The van der Waals surface area contributed by atoms with Crippen LogP contribution in [0.3, 0.4) is 0 Å². The van der Waals surface area contributed by atoms with E-state index in [1.54, 1.807) is 6.92 Å². The third-order valence-electron chi connectivity index (χ3n) is 3.39. The number of nitrogens with zero attached hydrogens (tertiary/aromatic N) is 4. The van der Waals surface area contributed by atoms with Crippen molar-refractivity contribution in [2.24, 2.45) is 0 Å². The molecule has 3 rings (SSSR count). The minimum atomic E-state index is -0.190. The van der Waals surface area contributed by atoms with Crippen molar-refractivity contribution in [3.63, 3.8) is 0 Å². The summed E-state index contributed by atoms with van der Waals surface area (Å²) < 4.78 is 2.08. The van der Waals surface area contributed by atoms with Crippen molar-refractivity contribution in [3.05, 3.63) is 22.2 Å². The first kappa shape index (κ1) is 13.0. The molecule has 0 saturated carbocycles. The molecule has 1 atom stereocenters. The second-order valence-corrected chi connectivity index (χ2v) is 5.92. The first-order valence-electron chi connectivity index (χ1n) is 6.52. The second-order valence-electron chi connectivity index (χ2n) is 4.89. The molecule has 0 bridgehead atoms. The number of hydrogen-bond acceptors (Lipinski definition) is 6. The number of carbonyl (C=O) groups is 1. The Morgan fingerprint density at radius 3 is 3.00 bits per heavy atom. The lowest BCUT2D eigenvalue weighted by atomic mass is 10.3. The summed E-state index contributed by atoms with van der Waals surface area (Å²) in [7, 11) is 0. The van der Waals surface area contributed by atoms with Crippen molar-refractivity contribution in [1.82, 2.24) is 25.1 Å². The minimum Gasteiger partial charge on any atom is -0.375 e. The molecule has 8 heteroatoms. The van der Waals surface area contributed by atoms with Gasteiger partial charge in [-0.1, -0.05) is 11.3 Å².